The second-order valence-corrected chi connectivity index (χ2v) is 27.1. The highest BCUT2D eigenvalue weighted by molar-refractivity contribution is 5.75. The Labute approximate surface area is 516 Å². The molecule has 0 atom stereocenters. The molecule has 0 aromatic rings. The summed E-state index contributed by atoms with van der Waals surface area (Å²) in [6.45, 7) is 7.92. The number of hydrogen-bond donors (Lipinski definition) is 1. The first-order valence-electron chi connectivity index (χ1n) is 34.5. The molecule has 0 unspecified atom stereocenters. The summed E-state index contributed by atoms with van der Waals surface area (Å²) in [5.74, 6) is -1.78. The van der Waals surface area contributed by atoms with Crippen molar-refractivity contribution in [2.75, 3.05) is 59.5 Å². The molecule has 0 radical (unpaired) electrons. The number of esters is 8. The van der Waals surface area contributed by atoms with Gasteiger partial charge < -0.3 is 43.0 Å². The number of carbonyl (C=O) groups excluding carboxylic acids is 8. The Morgan fingerprint density at radius 2 is 0.419 bits per heavy atom. The monoisotopic (exact) mass is 1210 g/mol. The van der Waals surface area contributed by atoms with Crippen molar-refractivity contribution in [2.24, 2.45) is 57.7 Å². The lowest BCUT2D eigenvalue weighted by Crippen LogP contribution is -2.41. The zero-order chi connectivity index (χ0) is 62.1. The number of aliphatic hydroxyl groups is 1. The van der Waals surface area contributed by atoms with Crippen LogP contribution in [0.5, 0.6) is 0 Å². The molecule has 86 heavy (non-hydrogen) atoms. The first kappa shape index (κ1) is 72.5. The smallest absolute Gasteiger partial charge is 0.308 e. The second kappa shape index (κ2) is 39.7. The Morgan fingerprint density at radius 1 is 0.267 bits per heavy atom. The molecule has 0 saturated heterocycles. The van der Waals surface area contributed by atoms with E-state index in [9.17, 15) is 43.5 Å². The molecule has 0 bridgehead atoms. The molecule has 17 nitrogen and oxygen atoms in total. The van der Waals surface area contributed by atoms with Crippen molar-refractivity contribution in [3.8, 4) is 0 Å². The van der Waals surface area contributed by atoms with Crippen LogP contribution in [0.25, 0.3) is 0 Å². The third kappa shape index (κ3) is 25.3. The van der Waals surface area contributed by atoms with Gasteiger partial charge in [0.2, 0.25) is 0 Å². The minimum absolute atomic E-state index is 0.00760. The van der Waals surface area contributed by atoms with Gasteiger partial charge in [0, 0.05) is 6.92 Å². The van der Waals surface area contributed by atoms with Crippen LogP contribution in [-0.2, 0) is 76.3 Å². The highest BCUT2D eigenvalue weighted by Gasteiger charge is 2.40. The van der Waals surface area contributed by atoms with Crippen molar-refractivity contribution < 1.29 is 81.4 Å². The van der Waals surface area contributed by atoms with E-state index in [1.807, 2.05) is 20.8 Å². The van der Waals surface area contributed by atoms with Gasteiger partial charge in [-0.1, -0.05) is 156 Å². The highest BCUT2D eigenvalue weighted by Crippen LogP contribution is 2.35. The van der Waals surface area contributed by atoms with Crippen LogP contribution < -0.4 is 0 Å². The van der Waals surface area contributed by atoms with Gasteiger partial charge >= 0.3 is 47.8 Å². The summed E-state index contributed by atoms with van der Waals surface area (Å²) in [4.78, 5) is 98.8. The third-order valence-electron chi connectivity index (χ3n) is 20.4. The lowest BCUT2D eigenvalue weighted by Gasteiger charge is -2.33. The number of carbonyl (C=O) groups is 8. The van der Waals surface area contributed by atoms with E-state index in [-0.39, 0.29) is 143 Å². The minimum Gasteiger partial charge on any atom is -0.465 e. The van der Waals surface area contributed by atoms with Gasteiger partial charge in [-0.3, -0.25) is 38.4 Å². The molecule has 7 saturated carbocycles. The summed E-state index contributed by atoms with van der Waals surface area (Å²) in [5, 5.41) is 9.84. The van der Waals surface area contributed by atoms with Crippen LogP contribution in [0.3, 0.4) is 0 Å². The highest BCUT2D eigenvalue weighted by atomic mass is 16.6. The number of rotatable bonds is 27. The van der Waals surface area contributed by atoms with Crippen LogP contribution in [0.1, 0.15) is 272 Å². The maximum atomic E-state index is 12.7. The Morgan fingerprint density at radius 3 is 0.558 bits per heavy atom. The van der Waals surface area contributed by atoms with E-state index in [1.165, 1.54) is 51.9 Å². The number of hydrogen-bond acceptors (Lipinski definition) is 17. The molecule has 7 fully saturated rings. The molecule has 0 aromatic heterocycles. The second-order valence-electron chi connectivity index (χ2n) is 27.1. The molecule has 0 aliphatic heterocycles. The van der Waals surface area contributed by atoms with E-state index >= 15 is 0 Å². The van der Waals surface area contributed by atoms with Gasteiger partial charge in [0.05, 0.1) is 64.3 Å². The van der Waals surface area contributed by atoms with Crippen LogP contribution >= 0.6 is 0 Å². The van der Waals surface area contributed by atoms with Crippen molar-refractivity contribution in [3.05, 3.63) is 0 Å². The van der Waals surface area contributed by atoms with Crippen LogP contribution in [0.2, 0.25) is 0 Å². The average molecular weight is 1220 g/mol. The lowest BCUT2D eigenvalue weighted by atomic mass is 9.86. The SMILES string of the molecule is CCC(CO)(COC(=O)C1CCCCC1)COC(=O)C1CCCCC1.CCC(COC(=O)C1CCCCC1)(COC(=O)C1CCCCC1)COC(=O)C1CCCCC1.CCC(COC(C)=O)(COC(=O)C1CCCCC1)COC(=O)C1CCCCC1. The van der Waals surface area contributed by atoms with Gasteiger partial charge in [-0.2, -0.15) is 0 Å². The molecule has 7 aliphatic rings. The molecule has 17 heteroatoms. The molecule has 0 aromatic carbocycles. The van der Waals surface area contributed by atoms with Crippen LogP contribution in [-0.4, -0.2) is 112 Å². The number of aliphatic hydroxyl groups excluding tert-OH is 1. The van der Waals surface area contributed by atoms with Crippen LogP contribution in [0, 0.1) is 57.7 Å². The molecular weight excluding hydrogens is 1100 g/mol. The van der Waals surface area contributed by atoms with Gasteiger partial charge in [0.25, 0.3) is 0 Å². The predicted molar refractivity (Wildman–Crippen MR) is 325 cm³/mol. The topological polar surface area (TPSA) is 231 Å². The molecule has 0 spiro atoms. The molecule has 7 rings (SSSR count). The predicted octanol–water partition coefficient (Wildman–Crippen LogP) is 13.6. The van der Waals surface area contributed by atoms with E-state index in [1.54, 1.807) is 0 Å². The summed E-state index contributed by atoms with van der Waals surface area (Å²) >= 11 is 0. The maximum Gasteiger partial charge on any atom is 0.308 e. The van der Waals surface area contributed by atoms with E-state index in [2.05, 4.69) is 0 Å². The van der Waals surface area contributed by atoms with Gasteiger partial charge in [0.1, 0.15) is 52.9 Å². The van der Waals surface area contributed by atoms with Gasteiger partial charge in [-0.05, 0) is 109 Å². The van der Waals surface area contributed by atoms with Crippen molar-refractivity contribution >= 4 is 47.8 Å². The van der Waals surface area contributed by atoms with E-state index < -0.39 is 22.2 Å². The van der Waals surface area contributed by atoms with Gasteiger partial charge in [-0.15, -0.1) is 0 Å². The summed E-state index contributed by atoms with van der Waals surface area (Å²) < 4.78 is 44.8. The Hall–Kier alpha value is -4.28. The first-order valence-corrected chi connectivity index (χ1v) is 34.5. The Balaban J connectivity index is 0.000000238. The van der Waals surface area contributed by atoms with Crippen molar-refractivity contribution in [1.29, 1.82) is 0 Å². The van der Waals surface area contributed by atoms with Crippen molar-refractivity contribution in [3.63, 3.8) is 0 Å². The van der Waals surface area contributed by atoms with E-state index in [4.69, 9.17) is 37.9 Å². The summed E-state index contributed by atoms with van der Waals surface area (Å²) in [6.07, 6.45) is 37.4. The molecule has 0 amide bonds. The largest absolute Gasteiger partial charge is 0.465 e. The van der Waals surface area contributed by atoms with Crippen LogP contribution in [0.4, 0.5) is 0 Å². The van der Waals surface area contributed by atoms with Gasteiger partial charge in [0.15, 0.2) is 0 Å². The summed E-state index contributed by atoms with van der Waals surface area (Å²) in [5.41, 5.74) is -2.08. The van der Waals surface area contributed by atoms with Crippen molar-refractivity contribution in [1.82, 2.24) is 0 Å². The quantitative estimate of drug-likeness (QED) is 0.0595. The fourth-order valence-corrected chi connectivity index (χ4v) is 13.3. The normalized spacial score (nSPS) is 20.3. The molecule has 0 heterocycles. The van der Waals surface area contributed by atoms with E-state index in [0.717, 1.165) is 180 Å². The third-order valence-corrected chi connectivity index (χ3v) is 20.4. The zero-order valence-electron chi connectivity index (χ0n) is 53.8. The molecular formula is C69H114O17. The molecule has 1 N–H and O–H groups in total. The first-order chi connectivity index (χ1) is 41.6. The van der Waals surface area contributed by atoms with Crippen molar-refractivity contribution in [2.45, 2.75) is 272 Å². The molecule has 492 valence electrons. The number of ether oxygens (including phenoxy) is 8. The fraction of sp³-hybridized carbons (Fsp3) is 0.884. The maximum absolute atomic E-state index is 12.7. The standard InChI is InChI=1S/C27H44O6.C22H36O6.C20H34O5/c1-2-27(18-31-24(28)21-12-6-3-7-13-21,19-32-25(29)22-14-8-4-9-15-22)20-33-26(30)23-16-10-5-11-17-23;1-3-22(14-26-17(2)23,15-27-20(24)18-10-6-4-7-11-18)16-28-21(25)19-12-8-5-9-13-19;1-2-20(13-21,14-24-18(22)16-9-5-3-6-10-16)15-25-19(23)17-11-7-4-8-12-17/h21-23H,2-20H2,1H3;18-19H,3-16H2,1-2H3;16-17,21H,2-15H2,1H3. The minimum atomic E-state index is -0.695. The van der Waals surface area contributed by atoms with Crippen LogP contribution in [0.15, 0.2) is 0 Å². The summed E-state index contributed by atoms with van der Waals surface area (Å²) in [7, 11) is 0. The van der Waals surface area contributed by atoms with Gasteiger partial charge in [-0.25, -0.2) is 0 Å². The Kier molecular flexibility index (Phi) is 33.4. The Bertz CT molecular complexity index is 1850. The lowest BCUT2D eigenvalue weighted by molar-refractivity contribution is -0.170. The molecule has 7 aliphatic carbocycles. The average Bonchev–Trinajstić information content (AvgIpc) is 3.78. The van der Waals surface area contributed by atoms with E-state index in [0.29, 0.717) is 19.3 Å². The summed E-state index contributed by atoms with van der Waals surface area (Å²) in [6, 6.07) is 0. The fourth-order valence-electron chi connectivity index (χ4n) is 13.3. The zero-order valence-corrected chi connectivity index (χ0v) is 53.8.